The van der Waals surface area contributed by atoms with Gasteiger partial charge in [0.15, 0.2) is 0 Å². The van der Waals surface area contributed by atoms with E-state index in [1.165, 1.54) is 0 Å². The van der Waals surface area contributed by atoms with E-state index in [2.05, 4.69) is 4.72 Å². The third kappa shape index (κ3) is 3.53. The van der Waals surface area contributed by atoms with Crippen molar-refractivity contribution in [3.8, 4) is 0 Å². The zero-order valence-electron chi connectivity index (χ0n) is 15.4. The van der Waals surface area contributed by atoms with Gasteiger partial charge in [0.05, 0.1) is 11.0 Å². The van der Waals surface area contributed by atoms with Crippen molar-refractivity contribution in [1.82, 2.24) is 9.29 Å². The quantitative estimate of drug-likeness (QED) is 0.723. The molecule has 1 unspecified atom stereocenters. The average Bonchev–Trinajstić information content (AvgIpc) is 2.92. The Morgan fingerprint density at radius 1 is 1.08 bits per heavy atom. The van der Waals surface area contributed by atoms with Crippen LogP contribution in [0.4, 0.5) is 0 Å². The van der Waals surface area contributed by atoms with Gasteiger partial charge in [-0.3, -0.25) is 0 Å². The van der Waals surface area contributed by atoms with Crippen molar-refractivity contribution in [1.29, 1.82) is 0 Å². The summed E-state index contributed by atoms with van der Waals surface area (Å²) in [5, 5.41) is 11.5. The zero-order chi connectivity index (χ0) is 19.1. The van der Waals surface area contributed by atoms with Crippen molar-refractivity contribution in [2.24, 2.45) is 7.05 Å². The summed E-state index contributed by atoms with van der Waals surface area (Å²) in [6, 6.07) is 11.3. The van der Waals surface area contributed by atoms with Gasteiger partial charge in [-0.1, -0.05) is 23.8 Å². The largest absolute Gasteiger partial charge is 0.387 e. The summed E-state index contributed by atoms with van der Waals surface area (Å²) in [5.74, 6) is 0. The monoisotopic (exact) mass is 372 g/mol. The number of fused-ring (bicyclic) bond motifs is 1. The first-order valence-electron chi connectivity index (χ1n) is 8.49. The first-order valence-corrected chi connectivity index (χ1v) is 9.98. The first kappa shape index (κ1) is 18.6. The third-order valence-corrected chi connectivity index (χ3v) is 6.36. The van der Waals surface area contributed by atoms with Crippen LogP contribution in [0.15, 0.2) is 47.5 Å². The van der Waals surface area contributed by atoms with E-state index in [1.54, 1.807) is 13.8 Å². The van der Waals surface area contributed by atoms with Crippen LogP contribution in [0.3, 0.4) is 0 Å². The molecule has 1 atom stereocenters. The highest BCUT2D eigenvalue weighted by molar-refractivity contribution is 7.89. The highest BCUT2D eigenvalue weighted by atomic mass is 32.2. The Balaban J connectivity index is 1.80. The van der Waals surface area contributed by atoms with E-state index in [1.807, 2.05) is 61.1 Å². The van der Waals surface area contributed by atoms with E-state index in [0.717, 1.165) is 16.5 Å². The minimum Gasteiger partial charge on any atom is -0.387 e. The van der Waals surface area contributed by atoms with E-state index in [9.17, 15) is 13.5 Å². The Morgan fingerprint density at radius 3 is 2.38 bits per heavy atom. The van der Waals surface area contributed by atoms with E-state index in [0.29, 0.717) is 16.7 Å². The van der Waals surface area contributed by atoms with Gasteiger partial charge in [-0.15, -0.1) is 0 Å². The lowest BCUT2D eigenvalue weighted by atomic mass is 10.1. The van der Waals surface area contributed by atoms with Crippen LogP contribution in [0.1, 0.15) is 28.4 Å². The van der Waals surface area contributed by atoms with Crippen LogP contribution in [0.25, 0.3) is 10.9 Å². The maximum absolute atomic E-state index is 12.7. The van der Waals surface area contributed by atoms with Gasteiger partial charge in [0.2, 0.25) is 10.0 Å². The minimum atomic E-state index is -3.69. The second-order valence-corrected chi connectivity index (χ2v) is 8.54. The summed E-state index contributed by atoms with van der Waals surface area (Å²) >= 11 is 0. The van der Waals surface area contributed by atoms with Gasteiger partial charge < -0.3 is 9.67 Å². The Morgan fingerprint density at radius 2 is 1.73 bits per heavy atom. The topological polar surface area (TPSA) is 71.3 Å². The van der Waals surface area contributed by atoms with Crippen LogP contribution in [0, 0.1) is 20.8 Å². The lowest BCUT2D eigenvalue weighted by Crippen LogP contribution is -2.29. The summed E-state index contributed by atoms with van der Waals surface area (Å²) in [6.45, 7) is 5.43. The van der Waals surface area contributed by atoms with E-state index in [-0.39, 0.29) is 11.4 Å². The fourth-order valence-corrected chi connectivity index (χ4v) is 4.96. The van der Waals surface area contributed by atoms with Crippen LogP contribution in [0.5, 0.6) is 0 Å². The lowest BCUT2D eigenvalue weighted by molar-refractivity contribution is 0.182. The van der Waals surface area contributed by atoms with Gasteiger partial charge in [-0.25, -0.2) is 13.1 Å². The number of rotatable bonds is 5. The summed E-state index contributed by atoms with van der Waals surface area (Å²) in [4.78, 5) is 0.286. The molecule has 0 aliphatic carbocycles. The molecule has 0 aliphatic rings. The lowest BCUT2D eigenvalue weighted by Gasteiger charge is -2.16. The second-order valence-electron chi connectivity index (χ2n) is 6.84. The minimum absolute atomic E-state index is 0.0760. The predicted octanol–water partition coefficient (Wildman–Crippen LogP) is 3.12. The average molecular weight is 372 g/mol. The number of aromatic nitrogens is 1. The van der Waals surface area contributed by atoms with Gasteiger partial charge in [-0.2, -0.15) is 0 Å². The predicted molar refractivity (Wildman–Crippen MR) is 104 cm³/mol. The molecule has 0 bridgehead atoms. The molecule has 0 radical (unpaired) electrons. The van der Waals surface area contributed by atoms with Gasteiger partial charge >= 0.3 is 0 Å². The van der Waals surface area contributed by atoms with Crippen molar-refractivity contribution in [2.45, 2.75) is 31.8 Å². The molecule has 5 nitrogen and oxygen atoms in total. The number of sulfonamides is 1. The van der Waals surface area contributed by atoms with Crippen LogP contribution < -0.4 is 4.72 Å². The van der Waals surface area contributed by atoms with Crippen molar-refractivity contribution in [2.75, 3.05) is 6.54 Å². The number of hydrogen-bond acceptors (Lipinski definition) is 3. The molecule has 1 heterocycles. The number of benzene rings is 2. The Bertz CT molecular complexity index is 1040. The van der Waals surface area contributed by atoms with Crippen molar-refractivity contribution in [3.05, 3.63) is 64.8 Å². The Kier molecular flexibility index (Phi) is 4.92. The SMILES string of the molecule is Cc1cc(C)c(S(=O)(=O)NCC(O)c2ccc3c(ccn3C)c2)c(C)c1. The summed E-state index contributed by atoms with van der Waals surface area (Å²) in [5.41, 5.74) is 4.18. The normalized spacial score (nSPS) is 13.3. The van der Waals surface area contributed by atoms with Crippen LogP contribution in [-0.2, 0) is 17.1 Å². The van der Waals surface area contributed by atoms with Crippen LogP contribution in [-0.4, -0.2) is 24.6 Å². The highest BCUT2D eigenvalue weighted by Crippen LogP contribution is 2.23. The van der Waals surface area contributed by atoms with E-state index in [4.69, 9.17) is 0 Å². The standard InChI is InChI=1S/C20H24N2O3S/c1-13-9-14(2)20(15(3)10-13)26(24,25)21-12-19(23)17-5-6-18-16(11-17)7-8-22(18)4/h5-11,19,21,23H,12H2,1-4H3. The number of nitrogens with one attached hydrogen (secondary N) is 1. The van der Waals surface area contributed by atoms with E-state index >= 15 is 0 Å². The zero-order valence-corrected chi connectivity index (χ0v) is 16.3. The summed E-state index contributed by atoms with van der Waals surface area (Å²) in [6.07, 6.45) is 1.03. The number of hydrogen-bond donors (Lipinski definition) is 2. The van der Waals surface area contributed by atoms with Crippen molar-refractivity contribution < 1.29 is 13.5 Å². The Labute approximate surface area is 154 Å². The molecule has 0 aliphatic heterocycles. The summed E-state index contributed by atoms with van der Waals surface area (Å²) in [7, 11) is -1.74. The van der Waals surface area contributed by atoms with Crippen molar-refractivity contribution >= 4 is 20.9 Å². The molecule has 2 aromatic carbocycles. The number of nitrogens with zero attached hydrogens (tertiary/aromatic N) is 1. The molecule has 1 aromatic heterocycles. The molecule has 0 saturated carbocycles. The second kappa shape index (κ2) is 6.87. The van der Waals surface area contributed by atoms with Gasteiger partial charge in [0.25, 0.3) is 0 Å². The van der Waals surface area contributed by atoms with E-state index < -0.39 is 16.1 Å². The molecule has 26 heavy (non-hydrogen) atoms. The third-order valence-electron chi connectivity index (χ3n) is 4.63. The molecular weight excluding hydrogens is 348 g/mol. The maximum Gasteiger partial charge on any atom is 0.241 e. The van der Waals surface area contributed by atoms with Crippen LogP contribution in [0.2, 0.25) is 0 Å². The number of aliphatic hydroxyl groups is 1. The molecule has 0 fully saturated rings. The van der Waals surface area contributed by atoms with Gasteiger partial charge in [0.1, 0.15) is 0 Å². The maximum atomic E-state index is 12.7. The highest BCUT2D eigenvalue weighted by Gasteiger charge is 2.21. The fourth-order valence-electron chi connectivity index (χ4n) is 3.48. The molecule has 3 aromatic rings. The molecular formula is C20H24N2O3S. The smallest absolute Gasteiger partial charge is 0.241 e. The van der Waals surface area contributed by atoms with Gasteiger partial charge in [0, 0.05) is 25.3 Å². The number of aryl methyl sites for hydroxylation is 4. The molecule has 0 saturated heterocycles. The molecule has 3 rings (SSSR count). The van der Waals surface area contributed by atoms with Gasteiger partial charge in [-0.05, 0) is 61.0 Å². The molecule has 6 heteroatoms. The number of aliphatic hydroxyl groups excluding tert-OH is 1. The molecule has 0 amide bonds. The molecule has 0 spiro atoms. The van der Waals surface area contributed by atoms with Crippen LogP contribution >= 0.6 is 0 Å². The molecule has 2 N–H and O–H groups in total. The summed E-state index contributed by atoms with van der Waals surface area (Å²) < 4.78 is 30.0. The van der Waals surface area contributed by atoms with Crippen molar-refractivity contribution in [3.63, 3.8) is 0 Å². The molecule has 138 valence electrons. The Hall–Kier alpha value is -2.15. The first-order chi connectivity index (χ1) is 12.2. The fraction of sp³-hybridized carbons (Fsp3) is 0.300.